The summed E-state index contributed by atoms with van der Waals surface area (Å²) < 4.78 is 13.0. The average molecular weight is 384 g/mol. The molecule has 5 nitrogen and oxygen atoms in total. The molecule has 0 radical (unpaired) electrons. The van der Waals surface area contributed by atoms with Crippen molar-refractivity contribution in [2.45, 2.75) is 6.92 Å². The van der Waals surface area contributed by atoms with Gasteiger partial charge in [0.1, 0.15) is 5.82 Å². The van der Waals surface area contributed by atoms with Crippen molar-refractivity contribution >= 4 is 40.8 Å². The van der Waals surface area contributed by atoms with E-state index < -0.39 is 6.03 Å². The molecule has 0 saturated carbocycles. The van der Waals surface area contributed by atoms with Crippen molar-refractivity contribution in [2.24, 2.45) is 0 Å². The highest BCUT2D eigenvalue weighted by molar-refractivity contribution is 6.42. The Morgan fingerprint density at radius 3 is 2.40 bits per heavy atom. The Morgan fingerprint density at radius 1 is 1.00 bits per heavy atom. The Kier molecular flexibility index (Phi) is 6.61. The highest BCUT2D eigenvalue weighted by atomic mass is 35.5. The van der Waals surface area contributed by atoms with Crippen LogP contribution in [0.1, 0.15) is 15.9 Å². The number of halogens is 3. The van der Waals surface area contributed by atoms with Crippen molar-refractivity contribution in [3.63, 3.8) is 0 Å². The maximum Gasteiger partial charge on any atom is 0.319 e. The van der Waals surface area contributed by atoms with Gasteiger partial charge in [-0.1, -0.05) is 23.2 Å². The van der Waals surface area contributed by atoms with Gasteiger partial charge in [-0.2, -0.15) is 0 Å². The molecular formula is C17H16Cl2FN3O2. The van der Waals surface area contributed by atoms with E-state index in [0.717, 1.165) is 0 Å². The minimum atomic E-state index is -0.446. The zero-order valence-corrected chi connectivity index (χ0v) is 14.8. The molecule has 2 rings (SSSR count). The topological polar surface area (TPSA) is 70.2 Å². The lowest BCUT2D eigenvalue weighted by Crippen LogP contribution is -2.36. The molecule has 132 valence electrons. The number of aryl methyl sites for hydroxylation is 1. The molecule has 0 atom stereocenters. The number of hydrogen-bond acceptors (Lipinski definition) is 2. The maximum absolute atomic E-state index is 13.0. The first-order valence-corrected chi connectivity index (χ1v) is 8.16. The summed E-state index contributed by atoms with van der Waals surface area (Å²) in [7, 11) is 0. The number of rotatable bonds is 5. The molecule has 2 aromatic rings. The molecule has 0 fully saturated rings. The van der Waals surface area contributed by atoms with Crippen LogP contribution in [0.15, 0.2) is 36.4 Å². The molecule has 0 aliphatic heterocycles. The third kappa shape index (κ3) is 5.62. The van der Waals surface area contributed by atoms with Crippen molar-refractivity contribution in [2.75, 3.05) is 18.4 Å². The molecule has 3 amide bonds. The second kappa shape index (κ2) is 8.69. The number of anilines is 1. The van der Waals surface area contributed by atoms with E-state index in [0.29, 0.717) is 26.9 Å². The summed E-state index contributed by atoms with van der Waals surface area (Å²) in [6.07, 6.45) is 0. The van der Waals surface area contributed by atoms with Crippen LogP contribution in [0.4, 0.5) is 14.9 Å². The number of hydrogen-bond donors (Lipinski definition) is 3. The van der Waals surface area contributed by atoms with Crippen LogP contribution in [0, 0.1) is 12.7 Å². The quantitative estimate of drug-likeness (QED) is 0.683. The molecule has 0 spiro atoms. The standard InChI is InChI=1S/C17H16Cl2FN3O2/c1-10-8-12(20)3-5-15(10)23-17(25)22-7-6-21-16(24)11-2-4-13(18)14(19)9-11/h2-5,8-9H,6-7H2,1H3,(H,21,24)(H2,22,23,25). The summed E-state index contributed by atoms with van der Waals surface area (Å²) in [6, 6.07) is 8.19. The molecule has 3 N–H and O–H groups in total. The van der Waals surface area contributed by atoms with Gasteiger partial charge in [0.25, 0.3) is 5.91 Å². The van der Waals surface area contributed by atoms with E-state index in [9.17, 15) is 14.0 Å². The molecule has 2 aromatic carbocycles. The molecule has 0 heterocycles. The Balaban J connectivity index is 1.75. The Labute approximate surface area is 154 Å². The zero-order chi connectivity index (χ0) is 18.4. The Morgan fingerprint density at radius 2 is 1.72 bits per heavy atom. The summed E-state index contributed by atoms with van der Waals surface area (Å²) in [5.41, 5.74) is 1.50. The summed E-state index contributed by atoms with van der Waals surface area (Å²) in [6.45, 7) is 2.14. The van der Waals surface area contributed by atoms with Crippen LogP contribution < -0.4 is 16.0 Å². The normalized spacial score (nSPS) is 10.2. The Hall–Kier alpha value is -2.31. The van der Waals surface area contributed by atoms with Crippen molar-refractivity contribution in [1.29, 1.82) is 0 Å². The monoisotopic (exact) mass is 383 g/mol. The second-order valence-corrected chi connectivity index (χ2v) is 6.04. The number of benzene rings is 2. The van der Waals surface area contributed by atoms with Crippen LogP contribution in [0.3, 0.4) is 0 Å². The first-order chi connectivity index (χ1) is 11.9. The van der Waals surface area contributed by atoms with Gasteiger partial charge in [0.2, 0.25) is 0 Å². The van der Waals surface area contributed by atoms with E-state index in [1.807, 2.05) is 0 Å². The second-order valence-electron chi connectivity index (χ2n) is 5.22. The van der Waals surface area contributed by atoms with Gasteiger partial charge in [0.05, 0.1) is 10.0 Å². The van der Waals surface area contributed by atoms with Gasteiger partial charge in [0, 0.05) is 24.3 Å². The molecule has 0 aliphatic rings. The smallest absolute Gasteiger partial charge is 0.319 e. The summed E-state index contributed by atoms with van der Waals surface area (Å²) in [5.74, 6) is -0.691. The van der Waals surface area contributed by atoms with Gasteiger partial charge in [-0.3, -0.25) is 4.79 Å². The fourth-order valence-corrected chi connectivity index (χ4v) is 2.32. The van der Waals surface area contributed by atoms with E-state index >= 15 is 0 Å². The number of urea groups is 1. The highest BCUT2D eigenvalue weighted by Crippen LogP contribution is 2.22. The fourth-order valence-electron chi connectivity index (χ4n) is 2.03. The summed E-state index contributed by atoms with van der Waals surface area (Å²) >= 11 is 11.7. The lowest BCUT2D eigenvalue weighted by atomic mass is 10.2. The zero-order valence-electron chi connectivity index (χ0n) is 13.3. The van der Waals surface area contributed by atoms with Crippen LogP contribution in [-0.2, 0) is 0 Å². The first-order valence-electron chi connectivity index (χ1n) is 7.41. The lowest BCUT2D eigenvalue weighted by molar-refractivity contribution is 0.0954. The SMILES string of the molecule is Cc1cc(F)ccc1NC(=O)NCCNC(=O)c1ccc(Cl)c(Cl)c1. The number of carbonyl (C=O) groups is 2. The van der Waals surface area contributed by atoms with E-state index in [1.54, 1.807) is 13.0 Å². The van der Waals surface area contributed by atoms with E-state index in [1.165, 1.54) is 30.3 Å². The van der Waals surface area contributed by atoms with Gasteiger partial charge >= 0.3 is 6.03 Å². The van der Waals surface area contributed by atoms with Crippen LogP contribution in [0.25, 0.3) is 0 Å². The van der Waals surface area contributed by atoms with E-state index in [4.69, 9.17) is 23.2 Å². The van der Waals surface area contributed by atoms with Crippen molar-refractivity contribution < 1.29 is 14.0 Å². The van der Waals surface area contributed by atoms with Crippen molar-refractivity contribution in [3.8, 4) is 0 Å². The van der Waals surface area contributed by atoms with Crippen molar-refractivity contribution in [3.05, 3.63) is 63.4 Å². The van der Waals surface area contributed by atoms with Crippen LogP contribution in [0.2, 0.25) is 10.0 Å². The molecule has 0 aromatic heterocycles. The van der Waals surface area contributed by atoms with Crippen molar-refractivity contribution in [1.82, 2.24) is 10.6 Å². The predicted octanol–water partition coefficient (Wildman–Crippen LogP) is 3.99. The minimum absolute atomic E-state index is 0.221. The molecule has 0 unspecified atom stereocenters. The predicted molar refractivity (Wildman–Crippen MR) is 97.0 cm³/mol. The molecule has 25 heavy (non-hydrogen) atoms. The molecule has 0 saturated heterocycles. The average Bonchev–Trinajstić information content (AvgIpc) is 2.56. The molecule has 8 heteroatoms. The van der Waals surface area contributed by atoms with E-state index in [2.05, 4.69) is 16.0 Å². The van der Waals surface area contributed by atoms with Gasteiger partial charge in [-0.05, 0) is 48.9 Å². The lowest BCUT2D eigenvalue weighted by Gasteiger charge is -2.10. The van der Waals surface area contributed by atoms with Crippen LogP contribution in [-0.4, -0.2) is 25.0 Å². The first kappa shape index (κ1) is 19.0. The maximum atomic E-state index is 13.0. The number of carbonyl (C=O) groups excluding carboxylic acids is 2. The number of amides is 3. The van der Waals surface area contributed by atoms with Gasteiger partial charge in [-0.15, -0.1) is 0 Å². The largest absolute Gasteiger partial charge is 0.350 e. The third-order valence-electron chi connectivity index (χ3n) is 3.31. The minimum Gasteiger partial charge on any atom is -0.350 e. The van der Waals surface area contributed by atoms with Gasteiger partial charge in [0.15, 0.2) is 0 Å². The third-order valence-corrected chi connectivity index (χ3v) is 4.05. The molecule has 0 bridgehead atoms. The summed E-state index contributed by atoms with van der Waals surface area (Å²) in [5, 5.41) is 8.52. The molecule has 0 aliphatic carbocycles. The summed E-state index contributed by atoms with van der Waals surface area (Å²) in [4.78, 5) is 23.7. The molecular weight excluding hydrogens is 368 g/mol. The van der Waals surface area contributed by atoms with Crippen LogP contribution in [0.5, 0.6) is 0 Å². The number of nitrogens with one attached hydrogen (secondary N) is 3. The van der Waals surface area contributed by atoms with Gasteiger partial charge in [-0.25, -0.2) is 9.18 Å². The van der Waals surface area contributed by atoms with Gasteiger partial charge < -0.3 is 16.0 Å². The highest BCUT2D eigenvalue weighted by Gasteiger charge is 2.08. The Bertz CT molecular complexity index is 799. The van der Waals surface area contributed by atoms with E-state index in [-0.39, 0.29) is 24.8 Å². The fraction of sp³-hybridized carbons (Fsp3) is 0.176. The van der Waals surface area contributed by atoms with Crippen LogP contribution >= 0.6 is 23.2 Å².